The first-order chi connectivity index (χ1) is 7.58. The van der Waals surface area contributed by atoms with Crippen molar-refractivity contribution in [2.24, 2.45) is 0 Å². The van der Waals surface area contributed by atoms with Gasteiger partial charge in [0.2, 0.25) is 0 Å². The Bertz CT molecular complexity index is 504. The average molecular weight is 316 g/mol. The van der Waals surface area contributed by atoms with Crippen molar-refractivity contribution >= 4 is 38.9 Å². The lowest BCUT2D eigenvalue weighted by Gasteiger charge is -2.12. The molecular formula is C13H12BrClS. The van der Waals surface area contributed by atoms with Gasteiger partial charge in [0.05, 0.1) is 9.16 Å². The van der Waals surface area contributed by atoms with Crippen molar-refractivity contribution in [3.63, 3.8) is 0 Å². The van der Waals surface area contributed by atoms with Crippen LogP contribution < -0.4 is 0 Å². The van der Waals surface area contributed by atoms with Gasteiger partial charge in [-0.25, -0.2) is 0 Å². The molecule has 0 N–H and O–H groups in total. The Balaban J connectivity index is 2.37. The second kappa shape index (κ2) is 4.91. The Morgan fingerprint density at radius 1 is 1.25 bits per heavy atom. The van der Waals surface area contributed by atoms with E-state index in [1.165, 1.54) is 16.7 Å². The molecule has 16 heavy (non-hydrogen) atoms. The third-order valence-corrected chi connectivity index (χ3v) is 4.59. The second-order valence-electron chi connectivity index (χ2n) is 3.91. The maximum atomic E-state index is 6.49. The first-order valence-electron chi connectivity index (χ1n) is 5.03. The zero-order valence-electron chi connectivity index (χ0n) is 9.13. The van der Waals surface area contributed by atoms with Gasteiger partial charge in [0.1, 0.15) is 0 Å². The van der Waals surface area contributed by atoms with Crippen LogP contribution in [0.15, 0.2) is 33.4 Å². The molecule has 0 amide bonds. The van der Waals surface area contributed by atoms with Crippen LogP contribution in [0.2, 0.25) is 0 Å². The van der Waals surface area contributed by atoms with Crippen molar-refractivity contribution in [1.29, 1.82) is 0 Å². The fourth-order valence-corrected chi connectivity index (χ4v) is 3.39. The molecule has 2 rings (SSSR count). The Morgan fingerprint density at radius 2 is 2.00 bits per heavy atom. The summed E-state index contributed by atoms with van der Waals surface area (Å²) in [5.74, 6) is 0. The van der Waals surface area contributed by atoms with Crippen LogP contribution in [0.4, 0.5) is 0 Å². The van der Waals surface area contributed by atoms with Crippen molar-refractivity contribution in [3.8, 4) is 0 Å². The maximum Gasteiger partial charge on any atom is 0.0846 e. The first-order valence-corrected chi connectivity index (χ1v) is 7.14. The molecule has 1 aromatic carbocycles. The Labute approximate surface area is 113 Å². The minimum absolute atomic E-state index is 0.0526. The van der Waals surface area contributed by atoms with E-state index < -0.39 is 0 Å². The summed E-state index contributed by atoms with van der Waals surface area (Å²) in [4.78, 5) is 0. The molecule has 0 aliphatic carbocycles. The number of rotatable bonds is 2. The van der Waals surface area contributed by atoms with Gasteiger partial charge in [-0.1, -0.05) is 23.8 Å². The number of hydrogen-bond donors (Lipinski definition) is 0. The third-order valence-electron chi connectivity index (χ3n) is 2.58. The molecule has 1 aromatic heterocycles. The monoisotopic (exact) mass is 314 g/mol. The van der Waals surface area contributed by atoms with Crippen molar-refractivity contribution in [1.82, 2.24) is 0 Å². The van der Waals surface area contributed by atoms with Crippen molar-refractivity contribution in [2.75, 3.05) is 0 Å². The van der Waals surface area contributed by atoms with Crippen molar-refractivity contribution in [3.05, 3.63) is 55.7 Å². The summed E-state index contributed by atoms with van der Waals surface area (Å²) in [7, 11) is 0. The molecule has 0 fully saturated rings. The second-order valence-corrected chi connectivity index (χ2v) is 6.63. The van der Waals surface area contributed by atoms with E-state index in [0.29, 0.717) is 0 Å². The van der Waals surface area contributed by atoms with Gasteiger partial charge < -0.3 is 0 Å². The van der Waals surface area contributed by atoms with Crippen LogP contribution in [0.5, 0.6) is 0 Å². The molecule has 1 heterocycles. The van der Waals surface area contributed by atoms with Crippen LogP contribution in [0.1, 0.15) is 27.6 Å². The van der Waals surface area contributed by atoms with E-state index in [9.17, 15) is 0 Å². The first kappa shape index (κ1) is 12.2. The van der Waals surface area contributed by atoms with Crippen LogP contribution >= 0.6 is 38.9 Å². The van der Waals surface area contributed by atoms with E-state index in [4.69, 9.17) is 11.6 Å². The Hall–Kier alpha value is -0.310. The van der Waals surface area contributed by atoms with Crippen molar-refractivity contribution in [2.45, 2.75) is 19.2 Å². The molecule has 1 unspecified atom stereocenters. The van der Waals surface area contributed by atoms with E-state index >= 15 is 0 Å². The molecule has 0 aliphatic heterocycles. The summed E-state index contributed by atoms with van der Waals surface area (Å²) in [6, 6.07) is 8.49. The zero-order chi connectivity index (χ0) is 11.7. The van der Waals surface area contributed by atoms with Crippen LogP contribution in [0.25, 0.3) is 0 Å². The lowest BCUT2D eigenvalue weighted by Crippen LogP contribution is -1.95. The normalized spacial score (nSPS) is 12.8. The Morgan fingerprint density at radius 3 is 2.56 bits per heavy atom. The molecule has 0 aliphatic rings. The van der Waals surface area contributed by atoms with E-state index in [1.54, 1.807) is 11.3 Å². The Kier molecular flexibility index (Phi) is 3.73. The van der Waals surface area contributed by atoms with Gasteiger partial charge in [-0.2, -0.15) is 0 Å². The molecule has 2 aromatic rings. The summed E-state index contributed by atoms with van der Waals surface area (Å²) in [5.41, 5.74) is 4.88. The molecule has 0 saturated heterocycles. The van der Waals surface area contributed by atoms with Gasteiger partial charge in [-0.3, -0.25) is 0 Å². The molecular weight excluding hydrogens is 304 g/mol. The van der Waals surface area contributed by atoms with E-state index in [-0.39, 0.29) is 5.38 Å². The van der Waals surface area contributed by atoms with Gasteiger partial charge in [-0.05, 0) is 57.9 Å². The fraction of sp³-hybridized carbons (Fsp3) is 0.231. The van der Waals surface area contributed by atoms with E-state index in [1.807, 2.05) is 0 Å². The minimum Gasteiger partial charge on any atom is -0.136 e. The van der Waals surface area contributed by atoms with Crippen molar-refractivity contribution < 1.29 is 0 Å². The standard InChI is InChI=1S/C13H12BrClS/c1-8-3-4-11(9(2)5-8)13(15)10-6-12(14)16-7-10/h3-7,13H,1-2H3. The topological polar surface area (TPSA) is 0 Å². The summed E-state index contributed by atoms with van der Waals surface area (Å²) in [6.45, 7) is 4.21. The van der Waals surface area contributed by atoms with Crippen LogP contribution in [0.3, 0.4) is 0 Å². The number of aryl methyl sites for hydroxylation is 2. The van der Waals surface area contributed by atoms with Gasteiger partial charge in [0, 0.05) is 0 Å². The van der Waals surface area contributed by atoms with E-state index in [0.717, 1.165) is 9.35 Å². The van der Waals surface area contributed by atoms with Gasteiger partial charge in [0.15, 0.2) is 0 Å². The number of alkyl halides is 1. The highest BCUT2D eigenvalue weighted by atomic mass is 79.9. The van der Waals surface area contributed by atoms with Gasteiger partial charge in [-0.15, -0.1) is 22.9 Å². The molecule has 0 radical (unpaired) electrons. The highest BCUT2D eigenvalue weighted by Crippen LogP contribution is 2.35. The summed E-state index contributed by atoms with van der Waals surface area (Å²) < 4.78 is 1.12. The minimum atomic E-state index is -0.0526. The summed E-state index contributed by atoms with van der Waals surface area (Å²) in [6.07, 6.45) is 0. The molecule has 1 atom stereocenters. The highest BCUT2D eigenvalue weighted by Gasteiger charge is 2.14. The number of halogens is 2. The largest absolute Gasteiger partial charge is 0.136 e. The molecule has 3 heteroatoms. The van der Waals surface area contributed by atoms with Gasteiger partial charge >= 0.3 is 0 Å². The maximum absolute atomic E-state index is 6.49. The zero-order valence-corrected chi connectivity index (χ0v) is 12.3. The molecule has 0 bridgehead atoms. The third kappa shape index (κ3) is 2.50. The number of benzene rings is 1. The summed E-state index contributed by atoms with van der Waals surface area (Å²) >= 11 is 11.6. The molecule has 0 nitrogen and oxygen atoms in total. The highest BCUT2D eigenvalue weighted by molar-refractivity contribution is 9.11. The number of hydrogen-bond acceptors (Lipinski definition) is 1. The molecule has 0 spiro atoms. The lowest BCUT2D eigenvalue weighted by atomic mass is 10.00. The predicted molar refractivity (Wildman–Crippen MR) is 75.6 cm³/mol. The van der Waals surface area contributed by atoms with Crippen LogP contribution in [-0.2, 0) is 0 Å². The van der Waals surface area contributed by atoms with E-state index in [2.05, 4.69) is 59.4 Å². The predicted octanol–water partition coefficient (Wildman–Crippen LogP) is 5.46. The summed E-state index contributed by atoms with van der Waals surface area (Å²) in [5, 5.41) is 2.05. The fourth-order valence-electron chi connectivity index (χ4n) is 1.75. The molecule has 0 saturated carbocycles. The number of thiophene rings is 1. The lowest BCUT2D eigenvalue weighted by molar-refractivity contribution is 1.11. The average Bonchev–Trinajstić information content (AvgIpc) is 2.64. The van der Waals surface area contributed by atoms with Gasteiger partial charge in [0.25, 0.3) is 0 Å². The quantitative estimate of drug-likeness (QED) is 0.646. The SMILES string of the molecule is Cc1ccc(C(Cl)c2csc(Br)c2)c(C)c1. The van der Waals surface area contributed by atoms with Crippen LogP contribution in [-0.4, -0.2) is 0 Å². The van der Waals surface area contributed by atoms with Crippen LogP contribution in [0, 0.1) is 13.8 Å². The molecule has 84 valence electrons. The smallest absolute Gasteiger partial charge is 0.0846 e.